The summed E-state index contributed by atoms with van der Waals surface area (Å²) < 4.78 is 28.3. The number of hydrogen-bond donors (Lipinski definition) is 2. The Labute approximate surface area is 140 Å². The Bertz CT molecular complexity index is 617. The van der Waals surface area contributed by atoms with Crippen molar-refractivity contribution in [2.24, 2.45) is 5.41 Å². The van der Waals surface area contributed by atoms with E-state index in [-0.39, 0.29) is 12.1 Å². The molecule has 6 heteroatoms. The van der Waals surface area contributed by atoms with E-state index in [1.807, 2.05) is 0 Å². The maximum absolute atomic E-state index is 14.1. The third-order valence-electron chi connectivity index (χ3n) is 5.48. The molecule has 24 heavy (non-hydrogen) atoms. The molecule has 0 atom stereocenters. The van der Waals surface area contributed by atoms with Crippen LogP contribution in [0.15, 0.2) is 18.2 Å². The molecule has 1 fully saturated rings. The summed E-state index contributed by atoms with van der Waals surface area (Å²) in [6.45, 7) is 3.45. The molecule has 0 unspecified atom stereocenters. The summed E-state index contributed by atoms with van der Waals surface area (Å²) in [4.78, 5) is 24.3. The van der Waals surface area contributed by atoms with Crippen molar-refractivity contribution in [3.63, 3.8) is 0 Å². The number of rotatable bonds is 7. The Morgan fingerprint density at radius 3 is 2.12 bits per heavy atom. The summed E-state index contributed by atoms with van der Waals surface area (Å²) in [6.07, 6.45) is 2.14. The monoisotopic (exact) mass is 339 g/mol. The van der Waals surface area contributed by atoms with E-state index >= 15 is 0 Å². The maximum atomic E-state index is 14.1. The fourth-order valence-corrected chi connectivity index (χ4v) is 3.37. The van der Waals surface area contributed by atoms with Crippen LogP contribution in [0.3, 0.4) is 0 Å². The summed E-state index contributed by atoms with van der Waals surface area (Å²) in [5.74, 6) is -2.95. The van der Waals surface area contributed by atoms with Crippen molar-refractivity contribution in [2.45, 2.75) is 51.4 Å². The zero-order chi connectivity index (χ0) is 18.0. The van der Waals surface area contributed by atoms with Crippen LogP contribution in [-0.2, 0) is 15.0 Å². The Kier molecular flexibility index (Phi) is 5.26. The molecule has 0 saturated heterocycles. The zero-order valence-electron chi connectivity index (χ0n) is 14.0. The average molecular weight is 339 g/mol. The largest absolute Gasteiger partial charge is 0.481 e. The van der Waals surface area contributed by atoms with E-state index in [0.717, 1.165) is 12.1 Å². The number of carboxylic acid groups (broad SMARTS) is 1. The van der Waals surface area contributed by atoms with E-state index in [1.165, 1.54) is 6.07 Å². The van der Waals surface area contributed by atoms with E-state index < -0.39 is 34.3 Å². The third-order valence-corrected chi connectivity index (χ3v) is 5.48. The highest BCUT2D eigenvalue weighted by Gasteiger charge is 2.49. The van der Waals surface area contributed by atoms with Gasteiger partial charge in [0.05, 0.1) is 10.8 Å². The summed E-state index contributed by atoms with van der Waals surface area (Å²) in [5, 5.41) is 12.1. The molecule has 132 valence electrons. The van der Waals surface area contributed by atoms with E-state index in [4.69, 9.17) is 0 Å². The smallest absolute Gasteiger partial charge is 0.311 e. The summed E-state index contributed by atoms with van der Waals surface area (Å²) in [7, 11) is 0. The number of benzene rings is 1. The van der Waals surface area contributed by atoms with Gasteiger partial charge in [-0.1, -0.05) is 26.3 Å². The number of aliphatic carboxylic acids is 1. The van der Waals surface area contributed by atoms with Crippen molar-refractivity contribution in [1.29, 1.82) is 0 Å². The highest BCUT2D eigenvalue weighted by molar-refractivity contribution is 5.90. The molecule has 0 bridgehead atoms. The van der Waals surface area contributed by atoms with Crippen molar-refractivity contribution >= 4 is 11.9 Å². The summed E-state index contributed by atoms with van der Waals surface area (Å²) in [6, 6.07) is 3.55. The molecule has 1 amide bonds. The molecule has 1 aliphatic rings. The lowest BCUT2D eigenvalue weighted by Crippen LogP contribution is -2.53. The summed E-state index contributed by atoms with van der Waals surface area (Å²) >= 11 is 0. The first-order valence-electron chi connectivity index (χ1n) is 8.29. The first-order chi connectivity index (χ1) is 11.3. The molecule has 4 nitrogen and oxygen atoms in total. The molecule has 0 spiro atoms. The molecule has 1 aromatic rings. The van der Waals surface area contributed by atoms with Gasteiger partial charge in [0.2, 0.25) is 5.91 Å². The number of nitrogens with one attached hydrogen (secondary N) is 1. The fourth-order valence-electron chi connectivity index (χ4n) is 3.37. The second-order valence-electron chi connectivity index (χ2n) is 6.51. The van der Waals surface area contributed by atoms with Gasteiger partial charge >= 0.3 is 5.97 Å². The van der Waals surface area contributed by atoms with E-state index in [9.17, 15) is 23.5 Å². The van der Waals surface area contributed by atoms with Gasteiger partial charge < -0.3 is 10.4 Å². The average Bonchev–Trinajstić information content (AvgIpc) is 2.50. The second kappa shape index (κ2) is 6.87. The number of halogens is 2. The van der Waals surface area contributed by atoms with Gasteiger partial charge in [-0.15, -0.1) is 0 Å². The molecule has 2 N–H and O–H groups in total. The lowest BCUT2D eigenvalue weighted by atomic mass is 9.63. The van der Waals surface area contributed by atoms with Crippen LogP contribution in [0.25, 0.3) is 0 Å². The predicted molar refractivity (Wildman–Crippen MR) is 85.5 cm³/mol. The van der Waals surface area contributed by atoms with E-state index in [2.05, 4.69) is 5.32 Å². The Morgan fingerprint density at radius 1 is 1.21 bits per heavy atom. The molecule has 0 radical (unpaired) electrons. The molecule has 0 aromatic heterocycles. The molecule has 1 aliphatic carbocycles. The van der Waals surface area contributed by atoms with Crippen molar-refractivity contribution in [2.75, 3.05) is 6.54 Å². The van der Waals surface area contributed by atoms with Gasteiger partial charge in [-0.05, 0) is 37.8 Å². The number of amides is 1. The van der Waals surface area contributed by atoms with Crippen molar-refractivity contribution in [3.05, 3.63) is 35.4 Å². The zero-order valence-corrected chi connectivity index (χ0v) is 14.0. The van der Waals surface area contributed by atoms with Crippen LogP contribution in [0.5, 0.6) is 0 Å². The number of carbonyl (C=O) groups is 2. The van der Waals surface area contributed by atoms with Crippen LogP contribution in [0, 0.1) is 17.0 Å². The molecule has 2 rings (SSSR count). The molecule has 0 aliphatic heterocycles. The topological polar surface area (TPSA) is 66.4 Å². The Balaban J connectivity index is 2.26. The maximum Gasteiger partial charge on any atom is 0.311 e. The molecular weight excluding hydrogens is 316 g/mol. The van der Waals surface area contributed by atoms with Crippen LogP contribution < -0.4 is 5.32 Å². The number of carbonyl (C=O) groups excluding carboxylic acids is 1. The molecular formula is C18H23F2NO3. The number of hydrogen-bond acceptors (Lipinski definition) is 2. The van der Waals surface area contributed by atoms with Gasteiger partial charge in [0.15, 0.2) is 0 Å². The van der Waals surface area contributed by atoms with Gasteiger partial charge in [-0.3, -0.25) is 9.59 Å². The van der Waals surface area contributed by atoms with Gasteiger partial charge in [-0.25, -0.2) is 8.78 Å². The van der Waals surface area contributed by atoms with Gasteiger partial charge in [0.25, 0.3) is 0 Å². The minimum Gasteiger partial charge on any atom is -0.481 e. The van der Waals surface area contributed by atoms with Crippen molar-refractivity contribution < 1.29 is 23.5 Å². The van der Waals surface area contributed by atoms with Gasteiger partial charge in [-0.2, -0.15) is 0 Å². The van der Waals surface area contributed by atoms with Crippen LogP contribution in [0.2, 0.25) is 0 Å². The first-order valence-corrected chi connectivity index (χ1v) is 8.29. The highest BCUT2D eigenvalue weighted by atomic mass is 19.1. The third kappa shape index (κ3) is 2.89. The minimum atomic E-state index is -1.23. The Hall–Kier alpha value is -1.98. The number of carboxylic acids is 1. The van der Waals surface area contributed by atoms with Crippen LogP contribution in [0.4, 0.5) is 8.78 Å². The fraction of sp³-hybridized carbons (Fsp3) is 0.556. The van der Waals surface area contributed by atoms with Crippen LogP contribution in [-0.4, -0.2) is 23.5 Å². The molecule has 1 aromatic carbocycles. The normalized spacial score (nSPS) is 16.3. The second-order valence-corrected chi connectivity index (χ2v) is 6.51. The summed E-state index contributed by atoms with van der Waals surface area (Å²) in [5.41, 5.74) is -2.50. The lowest BCUT2D eigenvalue weighted by molar-refractivity contribution is -0.149. The highest BCUT2D eigenvalue weighted by Crippen LogP contribution is 2.46. The van der Waals surface area contributed by atoms with E-state index in [0.29, 0.717) is 32.1 Å². The van der Waals surface area contributed by atoms with Gasteiger partial charge in [0, 0.05) is 12.1 Å². The minimum absolute atomic E-state index is 0.0496. The van der Waals surface area contributed by atoms with Crippen LogP contribution >= 0.6 is 0 Å². The van der Waals surface area contributed by atoms with E-state index in [1.54, 1.807) is 13.8 Å². The van der Waals surface area contributed by atoms with Crippen molar-refractivity contribution in [1.82, 2.24) is 5.32 Å². The SMILES string of the molecule is CCC(CC)(CNC(=O)C1(c2c(F)cccc2F)CCC1)C(=O)O. The van der Waals surface area contributed by atoms with Gasteiger partial charge in [0.1, 0.15) is 11.6 Å². The molecule has 0 heterocycles. The van der Waals surface area contributed by atoms with Crippen LogP contribution in [0.1, 0.15) is 51.5 Å². The lowest BCUT2D eigenvalue weighted by Gasteiger charge is -2.41. The molecule has 1 saturated carbocycles. The quantitative estimate of drug-likeness (QED) is 0.800. The standard InChI is InChI=1S/C18H23F2NO3/c1-3-17(4-2,16(23)24)11-21-15(22)18(9-6-10-18)14-12(19)7-5-8-13(14)20/h5,7-8H,3-4,6,9-11H2,1-2H3,(H,21,22)(H,23,24). The predicted octanol–water partition coefficient (Wildman–Crippen LogP) is 3.39. The van der Waals surface area contributed by atoms with Crippen molar-refractivity contribution in [3.8, 4) is 0 Å². The Morgan fingerprint density at radius 2 is 1.75 bits per heavy atom. The first kappa shape index (κ1) is 18.4.